The molecule has 0 aromatic carbocycles. The number of carbonyl (C=O) groups is 1. The smallest absolute Gasteiger partial charge is 0.413 e. The fourth-order valence-electron chi connectivity index (χ4n) is 1.02. The molecule has 1 N–H and O–H groups in total. The van der Waals surface area contributed by atoms with Crippen LogP contribution in [-0.2, 0) is 13.8 Å². The Morgan fingerprint density at radius 1 is 1.67 bits per heavy atom. The number of amides is 1. The van der Waals surface area contributed by atoms with Gasteiger partial charge < -0.3 is 13.8 Å². The predicted molar refractivity (Wildman–Crippen MR) is 57.4 cm³/mol. The molecule has 0 aromatic rings. The van der Waals surface area contributed by atoms with E-state index in [1.165, 1.54) is 0 Å². The number of ether oxygens (including phenoxy) is 1. The summed E-state index contributed by atoms with van der Waals surface area (Å²) in [5, 5.41) is 2.57. The first-order chi connectivity index (χ1) is 7.22. The zero-order valence-corrected chi connectivity index (χ0v) is 10.1. The molecule has 1 fully saturated rings. The summed E-state index contributed by atoms with van der Waals surface area (Å²) in [6.45, 7) is 5.07. The first kappa shape index (κ1) is 12.7. The molecule has 0 saturated carbocycles. The zero-order chi connectivity index (χ0) is 11.1. The van der Waals surface area contributed by atoms with Crippen LogP contribution in [0.25, 0.3) is 0 Å². The van der Waals surface area contributed by atoms with Crippen LogP contribution in [-0.4, -0.2) is 25.4 Å². The molecular weight excluding hydrogens is 217 g/mol. The van der Waals surface area contributed by atoms with E-state index >= 15 is 0 Å². The highest BCUT2D eigenvalue weighted by Crippen LogP contribution is 2.39. The third-order valence-electron chi connectivity index (χ3n) is 1.92. The third-order valence-corrected chi connectivity index (χ3v) is 3.26. The number of rotatable bonds is 4. The molecule has 1 saturated heterocycles. The minimum Gasteiger partial charge on any atom is -0.449 e. The standard InChI is InChI=1S/C9H18NO4P/c1-3-4-6-12-9(11)10-15-13-7-5-8(2)14-15/h8H,3-7H2,1-2H3,(H,10,11). The van der Waals surface area contributed by atoms with Crippen molar-refractivity contribution in [2.75, 3.05) is 13.2 Å². The van der Waals surface area contributed by atoms with Gasteiger partial charge in [-0.2, -0.15) is 0 Å². The highest BCUT2D eigenvalue weighted by atomic mass is 31.2. The molecular formula is C9H18NO4P. The van der Waals surface area contributed by atoms with Crippen LogP contribution in [0, 0.1) is 0 Å². The summed E-state index contributed by atoms with van der Waals surface area (Å²) < 4.78 is 15.6. The SMILES string of the molecule is CCCCOC(=O)NP1OCCC(C)O1. The van der Waals surface area contributed by atoms with Gasteiger partial charge in [0.2, 0.25) is 0 Å². The fraction of sp³-hybridized carbons (Fsp3) is 0.889. The topological polar surface area (TPSA) is 56.8 Å². The molecule has 1 rings (SSSR count). The van der Waals surface area contributed by atoms with Gasteiger partial charge in [-0.15, -0.1) is 0 Å². The summed E-state index contributed by atoms with van der Waals surface area (Å²) in [5.41, 5.74) is 0. The number of nitrogens with one attached hydrogen (secondary N) is 1. The molecule has 0 spiro atoms. The van der Waals surface area contributed by atoms with Gasteiger partial charge in [0, 0.05) is 0 Å². The predicted octanol–water partition coefficient (Wildman–Crippen LogP) is 2.57. The fourth-order valence-corrected chi connectivity index (χ4v) is 2.12. The second kappa shape index (κ2) is 6.99. The van der Waals surface area contributed by atoms with Crippen molar-refractivity contribution in [3.63, 3.8) is 0 Å². The Morgan fingerprint density at radius 3 is 3.13 bits per heavy atom. The van der Waals surface area contributed by atoms with Gasteiger partial charge in [0.1, 0.15) is 0 Å². The molecule has 2 unspecified atom stereocenters. The van der Waals surface area contributed by atoms with Crippen LogP contribution in [0.3, 0.4) is 0 Å². The Bertz CT molecular complexity index is 203. The minimum absolute atomic E-state index is 0.140. The van der Waals surface area contributed by atoms with Crippen LogP contribution in [0.4, 0.5) is 4.79 Å². The quantitative estimate of drug-likeness (QED) is 0.601. The third kappa shape index (κ3) is 5.30. The van der Waals surface area contributed by atoms with Crippen LogP contribution in [0.2, 0.25) is 0 Å². The molecule has 88 valence electrons. The van der Waals surface area contributed by atoms with Gasteiger partial charge in [0.05, 0.1) is 19.3 Å². The van der Waals surface area contributed by atoms with E-state index in [-0.39, 0.29) is 6.10 Å². The molecule has 1 amide bonds. The summed E-state index contributed by atoms with van der Waals surface area (Å²) in [4.78, 5) is 11.2. The van der Waals surface area contributed by atoms with Crippen molar-refractivity contribution in [1.82, 2.24) is 5.09 Å². The van der Waals surface area contributed by atoms with E-state index in [4.69, 9.17) is 13.8 Å². The average molecular weight is 235 g/mol. The highest BCUT2D eigenvalue weighted by Gasteiger charge is 2.23. The number of unbranched alkanes of at least 4 members (excludes halogenated alkanes) is 1. The lowest BCUT2D eigenvalue weighted by atomic mass is 10.3. The highest BCUT2D eigenvalue weighted by molar-refractivity contribution is 7.45. The van der Waals surface area contributed by atoms with Crippen LogP contribution >= 0.6 is 8.53 Å². The van der Waals surface area contributed by atoms with Gasteiger partial charge in [-0.05, 0) is 19.8 Å². The molecule has 1 aliphatic heterocycles. The van der Waals surface area contributed by atoms with Crippen molar-refractivity contribution in [2.45, 2.75) is 39.2 Å². The van der Waals surface area contributed by atoms with Crippen molar-refractivity contribution in [3.8, 4) is 0 Å². The van der Waals surface area contributed by atoms with Crippen molar-refractivity contribution in [3.05, 3.63) is 0 Å². The number of carbonyl (C=O) groups excluding carboxylic acids is 1. The van der Waals surface area contributed by atoms with Crippen molar-refractivity contribution >= 4 is 14.6 Å². The first-order valence-electron chi connectivity index (χ1n) is 5.25. The Morgan fingerprint density at radius 2 is 2.47 bits per heavy atom. The molecule has 5 nitrogen and oxygen atoms in total. The maximum atomic E-state index is 11.2. The van der Waals surface area contributed by atoms with E-state index in [1.807, 2.05) is 13.8 Å². The molecule has 1 aliphatic rings. The molecule has 0 bridgehead atoms. The molecule has 2 atom stereocenters. The van der Waals surface area contributed by atoms with Gasteiger partial charge in [-0.3, -0.25) is 5.09 Å². The zero-order valence-electron chi connectivity index (χ0n) is 9.19. The van der Waals surface area contributed by atoms with Crippen molar-refractivity contribution in [2.24, 2.45) is 0 Å². The lowest BCUT2D eigenvalue weighted by Gasteiger charge is -2.26. The maximum absolute atomic E-state index is 11.2. The molecule has 0 radical (unpaired) electrons. The average Bonchev–Trinajstić information content (AvgIpc) is 2.18. The minimum atomic E-state index is -1.30. The van der Waals surface area contributed by atoms with Crippen molar-refractivity contribution < 1.29 is 18.6 Å². The normalized spacial score (nSPS) is 26.0. The molecule has 1 heterocycles. The van der Waals surface area contributed by atoms with E-state index in [2.05, 4.69) is 5.09 Å². The van der Waals surface area contributed by atoms with Crippen LogP contribution in [0.1, 0.15) is 33.1 Å². The molecule has 0 aliphatic carbocycles. The van der Waals surface area contributed by atoms with Crippen molar-refractivity contribution in [1.29, 1.82) is 0 Å². The second-order valence-corrected chi connectivity index (χ2v) is 4.60. The Balaban J connectivity index is 2.13. The van der Waals surface area contributed by atoms with Gasteiger partial charge in [0.25, 0.3) is 8.53 Å². The lowest BCUT2D eigenvalue weighted by Crippen LogP contribution is -2.26. The Labute approximate surface area is 91.4 Å². The molecule has 6 heteroatoms. The van der Waals surface area contributed by atoms with E-state index in [0.29, 0.717) is 13.2 Å². The van der Waals surface area contributed by atoms with Gasteiger partial charge >= 0.3 is 6.09 Å². The van der Waals surface area contributed by atoms with Gasteiger partial charge in [0.15, 0.2) is 0 Å². The van der Waals surface area contributed by atoms with E-state index in [1.54, 1.807) is 0 Å². The summed E-state index contributed by atoms with van der Waals surface area (Å²) in [6, 6.07) is 0. The van der Waals surface area contributed by atoms with E-state index in [0.717, 1.165) is 19.3 Å². The summed E-state index contributed by atoms with van der Waals surface area (Å²) >= 11 is 0. The largest absolute Gasteiger partial charge is 0.449 e. The van der Waals surface area contributed by atoms with Gasteiger partial charge in [-0.1, -0.05) is 13.3 Å². The second-order valence-electron chi connectivity index (χ2n) is 3.40. The Hall–Kier alpha value is -0.380. The molecule has 15 heavy (non-hydrogen) atoms. The summed E-state index contributed by atoms with van der Waals surface area (Å²) in [6.07, 6.45) is 2.44. The van der Waals surface area contributed by atoms with Gasteiger partial charge in [-0.25, -0.2) is 4.79 Å². The van der Waals surface area contributed by atoms with Crippen LogP contribution in [0.5, 0.6) is 0 Å². The Kier molecular flexibility index (Phi) is 5.91. The monoisotopic (exact) mass is 235 g/mol. The summed E-state index contributed by atoms with van der Waals surface area (Å²) in [5.74, 6) is 0. The first-order valence-corrected chi connectivity index (χ1v) is 6.43. The van der Waals surface area contributed by atoms with Crippen LogP contribution in [0.15, 0.2) is 0 Å². The van der Waals surface area contributed by atoms with E-state index < -0.39 is 14.6 Å². The van der Waals surface area contributed by atoms with E-state index in [9.17, 15) is 4.79 Å². The van der Waals surface area contributed by atoms with Crippen LogP contribution < -0.4 is 5.09 Å². The summed E-state index contributed by atoms with van der Waals surface area (Å²) in [7, 11) is -1.30. The molecule has 0 aromatic heterocycles. The lowest BCUT2D eigenvalue weighted by molar-refractivity contribution is 0.109. The number of hydrogen-bond acceptors (Lipinski definition) is 4. The maximum Gasteiger partial charge on any atom is 0.413 e. The number of hydrogen-bond donors (Lipinski definition) is 1.